The minimum atomic E-state index is -0.991. The van der Waals surface area contributed by atoms with Crippen LogP contribution in [0.2, 0.25) is 0 Å². The van der Waals surface area contributed by atoms with Crippen LogP contribution in [0.1, 0.15) is 41.5 Å². The van der Waals surface area contributed by atoms with Crippen molar-refractivity contribution in [3.05, 3.63) is 23.3 Å². The third-order valence-electron chi connectivity index (χ3n) is 1.86. The van der Waals surface area contributed by atoms with E-state index in [1.165, 1.54) is 6.33 Å². The number of carbonyl (C=O) groups is 1. The zero-order valence-corrected chi connectivity index (χ0v) is 7.90. The van der Waals surface area contributed by atoms with Gasteiger partial charge in [-0.2, -0.15) is 0 Å². The van der Waals surface area contributed by atoms with Crippen LogP contribution in [0.4, 0.5) is 0 Å². The van der Waals surface area contributed by atoms with Gasteiger partial charge in [0.05, 0.1) is 0 Å². The molecule has 0 aliphatic carbocycles. The van der Waals surface area contributed by atoms with Crippen molar-refractivity contribution in [1.29, 1.82) is 0 Å². The van der Waals surface area contributed by atoms with Crippen molar-refractivity contribution in [2.75, 3.05) is 0 Å². The molecule has 0 aliphatic rings. The Bertz CT molecular complexity index is 334. The second-order valence-electron chi connectivity index (χ2n) is 3.18. The Hall–Kier alpha value is -1.45. The third-order valence-corrected chi connectivity index (χ3v) is 1.86. The van der Waals surface area contributed by atoms with Crippen molar-refractivity contribution in [3.63, 3.8) is 0 Å². The van der Waals surface area contributed by atoms with Gasteiger partial charge in [0, 0.05) is 11.3 Å². The van der Waals surface area contributed by atoms with E-state index in [9.17, 15) is 4.79 Å². The minimum absolute atomic E-state index is 0.113. The summed E-state index contributed by atoms with van der Waals surface area (Å²) < 4.78 is 0. The van der Waals surface area contributed by atoms with E-state index in [0.717, 1.165) is 11.3 Å². The summed E-state index contributed by atoms with van der Waals surface area (Å²) >= 11 is 0. The minimum Gasteiger partial charge on any atom is -0.477 e. The van der Waals surface area contributed by atoms with Crippen molar-refractivity contribution < 1.29 is 9.90 Å². The number of hydrogen-bond acceptors (Lipinski definition) is 3. The third kappa shape index (κ3) is 1.83. The Morgan fingerprint density at radius 1 is 1.46 bits per heavy atom. The Labute approximate surface area is 76.7 Å². The van der Waals surface area contributed by atoms with Crippen molar-refractivity contribution in [3.8, 4) is 0 Å². The highest BCUT2D eigenvalue weighted by Crippen LogP contribution is 2.19. The summed E-state index contributed by atoms with van der Waals surface area (Å²) in [6, 6.07) is 0. The molecular formula is C9H12N2O2. The molecule has 0 amide bonds. The van der Waals surface area contributed by atoms with E-state index in [4.69, 9.17) is 5.11 Å². The number of nitrogens with zero attached hydrogens (tertiary/aromatic N) is 2. The van der Waals surface area contributed by atoms with Gasteiger partial charge in [0.1, 0.15) is 6.33 Å². The van der Waals surface area contributed by atoms with Crippen LogP contribution < -0.4 is 0 Å². The fraction of sp³-hybridized carbons (Fsp3) is 0.444. The number of aryl methyl sites for hydroxylation is 1. The Kier molecular flexibility index (Phi) is 2.60. The highest BCUT2D eigenvalue weighted by Gasteiger charge is 2.16. The first kappa shape index (κ1) is 9.64. The number of aromatic nitrogens is 2. The van der Waals surface area contributed by atoms with Crippen LogP contribution in [-0.4, -0.2) is 21.0 Å². The van der Waals surface area contributed by atoms with E-state index in [-0.39, 0.29) is 11.6 Å². The molecule has 0 spiro atoms. The molecule has 1 rings (SSSR count). The summed E-state index contributed by atoms with van der Waals surface area (Å²) in [5.41, 5.74) is 1.57. The standard InChI is InChI=1S/C9H12N2O2/c1-5(2)7-6(3)10-4-11-8(7)9(12)13/h4-5H,1-3H3,(H,12,13). The van der Waals surface area contributed by atoms with Gasteiger partial charge in [-0.3, -0.25) is 0 Å². The van der Waals surface area contributed by atoms with Gasteiger partial charge in [-0.1, -0.05) is 13.8 Å². The first-order valence-corrected chi connectivity index (χ1v) is 4.08. The molecule has 1 N–H and O–H groups in total. The molecule has 0 bridgehead atoms. The molecule has 0 saturated heterocycles. The van der Waals surface area contributed by atoms with Crippen molar-refractivity contribution in [2.24, 2.45) is 0 Å². The molecule has 0 aromatic carbocycles. The lowest BCUT2D eigenvalue weighted by Crippen LogP contribution is -2.10. The lowest BCUT2D eigenvalue weighted by Gasteiger charge is -2.10. The predicted octanol–water partition coefficient (Wildman–Crippen LogP) is 1.61. The lowest BCUT2D eigenvalue weighted by atomic mass is 10.00. The summed E-state index contributed by atoms with van der Waals surface area (Å²) in [5, 5.41) is 8.85. The smallest absolute Gasteiger partial charge is 0.354 e. The maximum atomic E-state index is 10.8. The molecule has 0 aliphatic heterocycles. The van der Waals surface area contributed by atoms with E-state index in [1.807, 2.05) is 13.8 Å². The molecule has 1 aromatic heterocycles. The largest absolute Gasteiger partial charge is 0.477 e. The topological polar surface area (TPSA) is 63.1 Å². The van der Waals surface area contributed by atoms with E-state index in [2.05, 4.69) is 9.97 Å². The van der Waals surface area contributed by atoms with Gasteiger partial charge < -0.3 is 5.11 Å². The second kappa shape index (κ2) is 3.51. The van der Waals surface area contributed by atoms with Crippen LogP contribution >= 0.6 is 0 Å². The average Bonchev–Trinajstić information content (AvgIpc) is 2.02. The normalized spacial score (nSPS) is 10.5. The summed E-state index contributed by atoms with van der Waals surface area (Å²) in [7, 11) is 0. The zero-order valence-electron chi connectivity index (χ0n) is 7.90. The zero-order chi connectivity index (χ0) is 10.0. The maximum Gasteiger partial charge on any atom is 0.354 e. The molecule has 70 valence electrons. The molecule has 1 heterocycles. The molecule has 4 heteroatoms. The molecule has 4 nitrogen and oxygen atoms in total. The Morgan fingerprint density at radius 2 is 2.08 bits per heavy atom. The molecule has 0 radical (unpaired) electrons. The monoisotopic (exact) mass is 180 g/mol. The molecule has 1 aromatic rings. The van der Waals surface area contributed by atoms with Gasteiger partial charge in [-0.25, -0.2) is 14.8 Å². The highest BCUT2D eigenvalue weighted by atomic mass is 16.4. The number of carboxylic acids is 1. The molecule has 0 unspecified atom stereocenters. The molecule has 0 saturated carbocycles. The van der Waals surface area contributed by atoms with Crippen LogP contribution in [0.25, 0.3) is 0 Å². The average molecular weight is 180 g/mol. The van der Waals surface area contributed by atoms with E-state index < -0.39 is 5.97 Å². The Morgan fingerprint density at radius 3 is 2.46 bits per heavy atom. The van der Waals surface area contributed by atoms with E-state index >= 15 is 0 Å². The number of hydrogen-bond donors (Lipinski definition) is 1. The van der Waals surface area contributed by atoms with E-state index in [0.29, 0.717) is 0 Å². The summed E-state index contributed by atoms with van der Waals surface area (Å²) in [4.78, 5) is 18.5. The van der Waals surface area contributed by atoms with Crippen LogP contribution in [0.15, 0.2) is 6.33 Å². The first-order chi connectivity index (χ1) is 6.04. The summed E-state index contributed by atoms with van der Waals surface area (Å²) in [6.07, 6.45) is 1.28. The van der Waals surface area contributed by atoms with Gasteiger partial charge in [0.25, 0.3) is 0 Å². The highest BCUT2D eigenvalue weighted by molar-refractivity contribution is 5.87. The van der Waals surface area contributed by atoms with Crippen LogP contribution in [0.5, 0.6) is 0 Å². The van der Waals surface area contributed by atoms with Crippen LogP contribution in [0, 0.1) is 6.92 Å². The predicted molar refractivity (Wildman–Crippen MR) is 47.8 cm³/mol. The van der Waals surface area contributed by atoms with Crippen molar-refractivity contribution in [2.45, 2.75) is 26.7 Å². The summed E-state index contributed by atoms with van der Waals surface area (Å²) in [6.45, 7) is 5.65. The summed E-state index contributed by atoms with van der Waals surface area (Å²) in [5.74, 6) is -0.860. The van der Waals surface area contributed by atoms with Gasteiger partial charge in [0.15, 0.2) is 5.69 Å². The second-order valence-corrected chi connectivity index (χ2v) is 3.18. The van der Waals surface area contributed by atoms with Crippen LogP contribution in [0.3, 0.4) is 0 Å². The maximum absolute atomic E-state index is 10.8. The van der Waals surface area contributed by atoms with Gasteiger partial charge in [-0.05, 0) is 12.8 Å². The fourth-order valence-electron chi connectivity index (χ4n) is 1.35. The van der Waals surface area contributed by atoms with Crippen molar-refractivity contribution >= 4 is 5.97 Å². The van der Waals surface area contributed by atoms with Gasteiger partial charge in [-0.15, -0.1) is 0 Å². The molecule has 13 heavy (non-hydrogen) atoms. The molecular weight excluding hydrogens is 168 g/mol. The SMILES string of the molecule is Cc1ncnc(C(=O)O)c1C(C)C. The quantitative estimate of drug-likeness (QED) is 0.750. The van der Waals surface area contributed by atoms with Gasteiger partial charge >= 0.3 is 5.97 Å². The Balaban J connectivity index is 3.34. The number of rotatable bonds is 2. The molecule has 0 atom stereocenters. The fourth-order valence-corrected chi connectivity index (χ4v) is 1.35. The van der Waals surface area contributed by atoms with E-state index in [1.54, 1.807) is 6.92 Å². The lowest BCUT2D eigenvalue weighted by molar-refractivity contribution is 0.0688. The van der Waals surface area contributed by atoms with Crippen LogP contribution in [-0.2, 0) is 0 Å². The number of aromatic carboxylic acids is 1. The van der Waals surface area contributed by atoms with Crippen molar-refractivity contribution in [1.82, 2.24) is 9.97 Å². The first-order valence-electron chi connectivity index (χ1n) is 4.08. The van der Waals surface area contributed by atoms with Gasteiger partial charge in [0.2, 0.25) is 0 Å². The molecule has 0 fully saturated rings. The number of carboxylic acid groups (broad SMARTS) is 1.